The summed E-state index contributed by atoms with van der Waals surface area (Å²) in [7, 11) is -1.40. The topological polar surface area (TPSA) is 66.2 Å². The van der Waals surface area contributed by atoms with Crippen molar-refractivity contribution in [2.45, 2.75) is 67.9 Å². The number of nitrogens with zero attached hydrogens (tertiary/aromatic N) is 3. The van der Waals surface area contributed by atoms with Crippen LogP contribution < -0.4 is 4.74 Å². The molecule has 0 radical (unpaired) electrons. The third kappa shape index (κ3) is 5.68. The highest BCUT2D eigenvalue weighted by atomic mass is 32.2. The smallest absolute Gasteiger partial charge is 0.138 e. The highest BCUT2D eigenvalue weighted by molar-refractivity contribution is 7.85. The number of aromatic nitrogens is 3. The van der Waals surface area contributed by atoms with Crippen molar-refractivity contribution in [2.75, 3.05) is 13.2 Å². The molecular weight excluding hydrogens is 470 g/mol. The molecule has 1 atom stereocenters. The molecule has 0 spiro atoms. The number of rotatable bonds is 10. The van der Waals surface area contributed by atoms with Crippen molar-refractivity contribution in [3.63, 3.8) is 0 Å². The fraction of sp³-hybridized carbons (Fsp3) is 0.379. The molecule has 2 heterocycles. The first-order valence-electron chi connectivity index (χ1n) is 12.9. The molecule has 2 aromatic carbocycles. The van der Waals surface area contributed by atoms with Crippen LogP contribution in [0.2, 0.25) is 0 Å². The third-order valence-corrected chi connectivity index (χ3v) is 8.09. The normalized spacial score (nSPS) is 15.2. The van der Waals surface area contributed by atoms with Gasteiger partial charge in [0.25, 0.3) is 0 Å². The molecule has 188 valence electrons. The summed E-state index contributed by atoms with van der Waals surface area (Å²) in [6.45, 7) is 3.98. The Morgan fingerprint density at radius 2 is 1.81 bits per heavy atom. The molecule has 7 heteroatoms. The summed E-state index contributed by atoms with van der Waals surface area (Å²) in [5, 5.41) is 0. The number of hydrogen-bond donors (Lipinski definition) is 0. The molecule has 1 saturated carbocycles. The van der Waals surface area contributed by atoms with Gasteiger partial charge in [0, 0.05) is 42.9 Å². The lowest BCUT2D eigenvalue weighted by Gasteiger charge is -2.24. The summed E-state index contributed by atoms with van der Waals surface area (Å²) >= 11 is 0. The highest BCUT2D eigenvalue weighted by Gasteiger charge is 2.23. The average Bonchev–Trinajstić information content (AvgIpc) is 3.25. The van der Waals surface area contributed by atoms with Crippen LogP contribution in [0.1, 0.15) is 50.4 Å². The summed E-state index contributed by atoms with van der Waals surface area (Å²) in [6.07, 6.45) is 9.86. The summed E-state index contributed by atoms with van der Waals surface area (Å²) in [4.78, 5) is 10.5. The highest BCUT2D eigenvalue weighted by Crippen LogP contribution is 2.34. The van der Waals surface area contributed by atoms with E-state index in [-0.39, 0.29) is 6.10 Å². The molecule has 6 nitrogen and oxygen atoms in total. The van der Waals surface area contributed by atoms with Gasteiger partial charge >= 0.3 is 0 Å². The van der Waals surface area contributed by atoms with E-state index in [0.717, 1.165) is 29.7 Å². The first-order chi connectivity index (χ1) is 17.7. The Morgan fingerprint density at radius 1 is 1.03 bits per heavy atom. The second-order valence-corrected chi connectivity index (χ2v) is 10.6. The van der Waals surface area contributed by atoms with E-state index in [1.165, 1.54) is 24.8 Å². The first kappa shape index (κ1) is 24.7. The van der Waals surface area contributed by atoms with Gasteiger partial charge in [0.1, 0.15) is 11.6 Å². The van der Waals surface area contributed by atoms with Crippen molar-refractivity contribution in [1.82, 2.24) is 14.5 Å². The summed E-state index contributed by atoms with van der Waals surface area (Å²) in [5.41, 5.74) is 3.01. The van der Waals surface area contributed by atoms with Crippen molar-refractivity contribution in [3.8, 4) is 5.75 Å². The predicted octanol–water partition coefficient (Wildman–Crippen LogP) is 5.94. The third-order valence-electron chi connectivity index (χ3n) is 6.67. The standard InChI is InChI=1S/C29H33N3O3S/c1-2-34-18-17-32-26-21-27(35-23-11-7-4-8-12-23)28(36(33)24-13-15-30-16-14-24)20-25(26)31-29(32)19-22-9-5-3-6-10-22/h3,5-6,9-10,13-16,20-21,23H,2,4,7-8,11-12,17-19H2,1H3. The zero-order chi connectivity index (χ0) is 24.7. The monoisotopic (exact) mass is 503 g/mol. The lowest BCUT2D eigenvalue weighted by molar-refractivity contribution is 0.139. The summed E-state index contributed by atoms with van der Waals surface area (Å²) in [5.74, 6) is 1.65. The minimum atomic E-state index is -1.40. The van der Waals surface area contributed by atoms with Crippen LogP contribution in [0.5, 0.6) is 5.75 Å². The number of ether oxygens (including phenoxy) is 2. The lowest BCUT2D eigenvalue weighted by atomic mass is 9.98. The van der Waals surface area contributed by atoms with E-state index < -0.39 is 10.8 Å². The maximum Gasteiger partial charge on any atom is 0.138 e. The summed E-state index contributed by atoms with van der Waals surface area (Å²) < 4.78 is 28.2. The van der Waals surface area contributed by atoms with Crippen molar-refractivity contribution >= 4 is 21.8 Å². The maximum absolute atomic E-state index is 13.7. The van der Waals surface area contributed by atoms with Crippen LogP contribution in [-0.4, -0.2) is 38.1 Å². The van der Waals surface area contributed by atoms with Gasteiger partial charge in [-0.15, -0.1) is 0 Å². The Labute approximate surface area is 215 Å². The van der Waals surface area contributed by atoms with Crippen LogP contribution in [0, 0.1) is 0 Å². The van der Waals surface area contributed by atoms with Gasteiger partial charge < -0.3 is 14.0 Å². The Hall–Kier alpha value is -3.03. The molecule has 0 saturated heterocycles. The second-order valence-electron chi connectivity index (χ2n) is 9.16. The predicted molar refractivity (Wildman–Crippen MR) is 142 cm³/mol. The van der Waals surface area contributed by atoms with Crippen LogP contribution in [0.25, 0.3) is 11.0 Å². The first-order valence-corrected chi connectivity index (χ1v) is 14.0. The van der Waals surface area contributed by atoms with Crippen LogP contribution in [0.3, 0.4) is 0 Å². The van der Waals surface area contributed by atoms with Gasteiger partial charge in [0.05, 0.1) is 39.4 Å². The fourth-order valence-electron chi connectivity index (χ4n) is 4.83. The Bertz CT molecular complexity index is 1300. The van der Waals surface area contributed by atoms with E-state index >= 15 is 0 Å². The average molecular weight is 504 g/mol. The molecule has 0 aliphatic heterocycles. The number of benzene rings is 2. The van der Waals surface area contributed by atoms with Gasteiger partial charge in [0.2, 0.25) is 0 Å². The van der Waals surface area contributed by atoms with E-state index in [2.05, 4.69) is 33.8 Å². The van der Waals surface area contributed by atoms with Crippen molar-refractivity contribution in [1.29, 1.82) is 0 Å². The molecule has 0 bridgehead atoms. The zero-order valence-electron chi connectivity index (χ0n) is 20.8. The minimum absolute atomic E-state index is 0.146. The van der Waals surface area contributed by atoms with Crippen molar-refractivity contribution in [2.24, 2.45) is 0 Å². The van der Waals surface area contributed by atoms with Crippen molar-refractivity contribution < 1.29 is 13.7 Å². The van der Waals surface area contributed by atoms with Gasteiger partial charge in [-0.1, -0.05) is 36.8 Å². The fourth-order valence-corrected chi connectivity index (χ4v) is 5.97. The SMILES string of the molecule is CCOCCn1c(Cc2ccccc2)nc2cc(S(=O)c3ccncc3)c(OC3CCCCC3)cc21. The number of pyridine rings is 1. The summed E-state index contributed by atoms with van der Waals surface area (Å²) in [6, 6.07) is 18.0. The number of fused-ring (bicyclic) bond motifs is 1. The van der Waals surface area contributed by atoms with Gasteiger partial charge in [-0.2, -0.15) is 0 Å². The molecule has 1 fully saturated rings. The van der Waals surface area contributed by atoms with Gasteiger partial charge in [-0.3, -0.25) is 4.98 Å². The lowest BCUT2D eigenvalue weighted by Crippen LogP contribution is -2.20. The molecule has 1 aliphatic carbocycles. The van der Waals surface area contributed by atoms with Crippen LogP contribution in [0.4, 0.5) is 0 Å². The molecule has 4 aromatic rings. The molecule has 0 N–H and O–H groups in total. The molecular formula is C29H33N3O3S. The maximum atomic E-state index is 13.7. The Kier molecular flexibility index (Phi) is 8.08. The molecule has 5 rings (SSSR count). The Morgan fingerprint density at radius 3 is 2.56 bits per heavy atom. The molecule has 0 amide bonds. The molecule has 1 unspecified atom stereocenters. The van der Waals surface area contributed by atoms with Crippen LogP contribution >= 0.6 is 0 Å². The second kappa shape index (κ2) is 11.8. The van der Waals surface area contributed by atoms with E-state index in [9.17, 15) is 4.21 Å². The Balaban J connectivity index is 1.60. The van der Waals surface area contributed by atoms with Crippen LogP contribution in [-0.2, 0) is 28.5 Å². The van der Waals surface area contributed by atoms with E-state index in [4.69, 9.17) is 14.5 Å². The van der Waals surface area contributed by atoms with Crippen LogP contribution in [0.15, 0.2) is 76.8 Å². The quantitative estimate of drug-likeness (QED) is 0.251. The molecule has 1 aliphatic rings. The molecule has 2 aromatic heterocycles. The number of hydrogen-bond acceptors (Lipinski definition) is 5. The molecule has 36 heavy (non-hydrogen) atoms. The van der Waals surface area contributed by atoms with Crippen molar-refractivity contribution in [3.05, 3.63) is 78.4 Å². The van der Waals surface area contributed by atoms with E-state index in [0.29, 0.717) is 41.7 Å². The van der Waals surface area contributed by atoms with Gasteiger partial charge in [-0.05, 0) is 56.4 Å². The van der Waals surface area contributed by atoms with E-state index in [1.807, 2.05) is 25.1 Å². The van der Waals surface area contributed by atoms with E-state index in [1.54, 1.807) is 24.5 Å². The van der Waals surface area contributed by atoms with Gasteiger partial charge in [-0.25, -0.2) is 9.19 Å². The number of imidazole rings is 1. The zero-order valence-corrected chi connectivity index (χ0v) is 21.6. The largest absolute Gasteiger partial charge is 0.489 e. The minimum Gasteiger partial charge on any atom is -0.489 e. The van der Waals surface area contributed by atoms with Gasteiger partial charge in [0.15, 0.2) is 0 Å².